The van der Waals surface area contributed by atoms with Crippen molar-refractivity contribution in [2.75, 3.05) is 11.1 Å². The van der Waals surface area contributed by atoms with Gasteiger partial charge in [0.15, 0.2) is 12.4 Å². The summed E-state index contributed by atoms with van der Waals surface area (Å²) in [6, 6.07) is 17.1. The fraction of sp³-hybridized carbons (Fsp3) is 0.100. The number of esters is 1. The van der Waals surface area contributed by atoms with Crippen molar-refractivity contribution in [2.45, 2.75) is 13.5 Å². The van der Waals surface area contributed by atoms with Crippen molar-refractivity contribution in [3.05, 3.63) is 71.7 Å². The first-order chi connectivity index (χ1) is 13.6. The van der Waals surface area contributed by atoms with Gasteiger partial charge in [0.05, 0.1) is 0 Å². The number of hydrogen-bond donors (Lipinski definition) is 3. The highest BCUT2D eigenvalue weighted by molar-refractivity contribution is 5.94. The number of carbonyl (C=O) groups excluding carboxylic acids is 1. The molecule has 0 spiro atoms. The zero-order valence-corrected chi connectivity index (χ0v) is 15.1. The second kappa shape index (κ2) is 7.36. The van der Waals surface area contributed by atoms with Crippen LogP contribution in [0, 0.1) is 6.92 Å². The number of aryl methyl sites for hydroxylation is 1. The molecule has 8 nitrogen and oxygen atoms in total. The maximum atomic E-state index is 12.3. The largest absolute Gasteiger partial charge is 0.453 e. The first-order valence-electron chi connectivity index (χ1n) is 8.66. The number of benzene rings is 2. The Kier molecular flexibility index (Phi) is 4.59. The number of nitrogens with two attached hydrogens (primary N) is 1. The lowest BCUT2D eigenvalue weighted by molar-refractivity contribution is 0.0456. The predicted molar refractivity (Wildman–Crippen MR) is 106 cm³/mol. The summed E-state index contributed by atoms with van der Waals surface area (Å²) in [5, 5.41) is 3.99. The van der Waals surface area contributed by atoms with E-state index in [1.165, 1.54) is 0 Å². The average Bonchev–Trinajstić information content (AvgIpc) is 3.12. The van der Waals surface area contributed by atoms with Crippen molar-refractivity contribution >= 4 is 34.5 Å². The normalized spacial score (nSPS) is 10.8. The molecule has 0 fully saturated rings. The summed E-state index contributed by atoms with van der Waals surface area (Å²) in [5.74, 6) is 0.0871. The van der Waals surface area contributed by atoms with Gasteiger partial charge in [-0.25, -0.2) is 4.79 Å². The predicted octanol–water partition coefficient (Wildman–Crippen LogP) is 3.34. The summed E-state index contributed by atoms with van der Waals surface area (Å²) < 4.78 is 5.31. The second-order valence-corrected chi connectivity index (χ2v) is 6.27. The van der Waals surface area contributed by atoms with Gasteiger partial charge >= 0.3 is 5.97 Å². The highest BCUT2D eigenvalue weighted by Gasteiger charge is 2.13. The molecule has 0 aliphatic rings. The molecule has 2 aromatic heterocycles. The number of carbonyl (C=O) groups is 1. The van der Waals surface area contributed by atoms with E-state index in [4.69, 9.17) is 10.5 Å². The van der Waals surface area contributed by atoms with Crippen molar-refractivity contribution in [3.63, 3.8) is 0 Å². The van der Waals surface area contributed by atoms with Gasteiger partial charge in [-0.3, -0.25) is 0 Å². The van der Waals surface area contributed by atoms with E-state index in [1.54, 1.807) is 6.07 Å². The third-order valence-electron chi connectivity index (χ3n) is 4.09. The van der Waals surface area contributed by atoms with Gasteiger partial charge in [-0.1, -0.05) is 35.9 Å². The molecule has 28 heavy (non-hydrogen) atoms. The zero-order valence-electron chi connectivity index (χ0n) is 15.1. The van der Waals surface area contributed by atoms with Crippen molar-refractivity contribution in [3.8, 4) is 0 Å². The van der Waals surface area contributed by atoms with Gasteiger partial charge in [0.1, 0.15) is 5.69 Å². The molecule has 8 heteroatoms. The lowest BCUT2D eigenvalue weighted by atomic mass is 10.2. The summed E-state index contributed by atoms with van der Waals surface area (Å²) in [6.45, 7) is 1.88. The molecule has 4 aromatic rings. The number of hydrogen-bond acceptors (Lipinski definition) is 7. The molecule has 4 rings (SSSR count). The third-order valence-corrected chi connectivity index (χ3v) is 4.09. The Morgan fingerprint density at radius 3 is 2.68 bits per heavy atom. The number of nitrogens with one attached hydrogen (secondary N) is 2. The number of H-pyrrole nitrogens is 1. The molecule has 0 bridgehead atoms. The molecule has 4 N–H and O–H groups in total. The molecule has 0 atom stereocenters. The lowest BCUT2D eigenvalue weighted by Gasteiger charge is -2.08. The van der Waals surface area contributed by atoms with Crippen LogP contribution in [-0.2, 0) is 11.3 Å². The number of fused-ring (bicyclic) bond motifs is 1. The van der Waals surface area contributed by atoms with Crippen LogP contribution in [0.15, 0.2) is 54.6 Å². The van der Waals surface area contributed by atoms with E-state index in [9.17, 15) is 4.79 Å². The Balaban J connectivity index is 1.46. The topological polar surface area (TPSA) is 119 Å². The minimum atomic E-state index is -0.497. The molecule has 0 radical (unpaired) electrons. The lowest BCUT2D eigenvalue weighted by Crippen LogP contribution is -2.11. The van der Waals surface area contributed by atoms with E-state index < -0.39 is 5.97 Å². The Bertz CT molecular complexity index is 1100. The molecule has 0 saturated carbocycles. The van der Waals surface area contributed by atoms with Gasteiger partial charge in [0, 0.05) is 16.6 Å². The number of nitrogen functional groups attached to an aromatic ring is 1. The van der Waals surface area contributed by atoms with Gasteiger partial charge < -0.3 is 20.8 Å². The molecule has 0 aliphatic carbocycles. The quantitative estimate of drug-likeness (QED) is 0.458. The number of ether oxygens (including phenoxy) is 1. The first-order valence-corrected chi connectivity index (χ1v) is 8.66. The molecular weight excluding hydrogens is 356 g/mol. The maximum absolute atomic E-state index is 12.3. The number of aromatic nitrogens is 4. The molecule has 0 aliphatic heterocycles. The van der Waals surface area contributed by atoms with Crippen LogP contribution in [-0.4, -0.2) is 25.9 Å². The second-order valence-electron chi connectivity index (χ2n) is 6.27. The average molecular weight is 374 g/mol. The van der Waals surface area contributed by atoms with E-state index in [0.29, 0.717) is 5.69 Å². The summed E-state index contributed by atoms with van der Waals surface area (Å²) in [5.41, 5.74) is 8.94. The molecule has 0 unspecified atom stereocenters. The highest BCUT2D eigenvalue weighted by atomic mass is 16.5. The molecular formula is C20H18N6O2. The van der Waals surface area contributed by atoms with Crippen LogP contribution in [0.3, 0.4) is 0 Å². The molecule has 0 saturated heterocycles. The van der Waals surface area contributed by atoms with E-state index >= 15 is 0 Å². The van der Waals surface area contributed by atoms with E-state index in [0.717, 1.165) is 22.2 Å². The summed E-state index contributed by atoms with van der Waals surface area (Å²) >= 11 is 0. The van der Waals surface area contributed by atoms with Crippen molar-refractivity contribution in [1.82, 2.24) is 19.9 Å². The van der Waals surface area contributed by atoms with Crippen LogP contribution >= 0.6 is 0 Å². The van der Waals surface area contributed by atoms with Crippen molar-refractivity contribution < 1.29 is 9.53 Å². The Morgan fingerprint density at radius 2 is 1.89 bits per heavy atom. The molecule has 2 aromatic carbocycles. The minimum Gasteiger partial charge on any atom is -0.453 e. The molecule has 2 heterocycles. The van der Waals surface area contributed by atoms with Gasteiger partial charge in [0.2, 0.25) is 11.9 Å². The Hall–Kier alpha value is -3.94. The maximum Gasteiger partial charge on any atom is 0.355 e. The smallest absolute Gasteiger partial charge is 0.355 e. The van der Waals surface area contributed by atoms with Gasteiger partial charge in [-0.05, 0) is 31.2 Å². The number of nitrogens with zero attached hydrogens (tertiary/aromatic N) is 3. The number of anilines is 3. The minimum absolute atomic E-state index is 0.0428. The Morgan fingerprint density at radius 1 is 1.11 bits per heavy atom. The fourth-order valence-electron chi connectivity index (χ4n) is 2.72. The Labute approximate surface area is 160 Å². The number of para-hydroxylation sites is 1. The summed E-state index contributed by atoms with van der Waals surface area (Å²) in [4.78, 5) is 27.7. The third kappa shape index (κ3) is 3.90. The van der Waals surface area contributed by atoms with Gasteiger partial charge in [-0.2, -0.15) is 15.0 Å². The van der Waals surface area contributed by atoms with Crippen LogP contribution in [0.25, 0.3) is 10.9 Å². The fourth-order valence-corrected chi connectivity index (χ4v) is 2.72. The van der Waals surface area contributed by atoms with Crippen molar-refractivity contribution in [2.24, 2.45) is 0 Å². The van der Waals surface area contributed by atoms with Crippen LogP contribution in [0.2, 0.25) is 0 Å². The number of rotatable bonds is 5. The monoisotopic (exact) mass is 374 g/mol. The van der Waals surface area contributed by atoms with Crippen LogP contribution in [0.5, 0.6) is 0 Å². The number of aromatic amines is 1. The zero-order chi connectivity index (χ0) is 19.5. The van der Waals surface area contributed by atoms with E-state index in [-0.39, 0.29) is 24.3 Å². The van der Waals surface area contributed by atoms with Gasteiger partial charge in [0.25, 0.3) is 0 Å². The summed E-state index contributed by atoms with van der Waals surface area (Å²) in [7, 11) is 0. The summed E-state index contributed by atoms with van der Waals surface area (Å²) in [6.07, 6.45) is 0. The van der Waals surface area contributed by atoms with Crippen LogP contribution < -0.4 is 11.1 Å². The van der Waals surface area contributed by atoms with E-state index in [1.807, 2.05) is 55.5 Å². The standard InChI is InChI=1S/C20H18N6O2/c1-12-6-8-14(9-7-12)22-20-25-17(24-19(21)26-20)11-28-18(27)16-10-13-4-2-3-5-15(13)23-16/h2-10,23H,11H2,1H3,(H3,21,22,24,25,26). The SMILES string of the molecule is Cc1ccc(Nc2nc(N)nc(COC(=O)c3cc4ccccc4[nH]3)n2)cc1. The molecule has 140 valence electrons. The van der Waals surface area contributed by atoms with E-state index in [2.05, 4.69) is 25.3 Å². The van der Waals surface area contributed by atoms with Crippen molar-refractivity contribution in [1.29, 1.82) is 0 Å². The first kappa shape index (κ1) is 17.5. The molecule has 0 amide bonds. The highest BCUT2D eigenvalue weighted by Crippen LogP contribution is 2.17. The van der Waals surface area contributed by atoms with Crippen LogP contribution in [0.4, 0.5) is 17.6 Å². The van der Waals surface area contributed by atoms with Gasteiger partial charge in [-0.15, -0.1) is 0 Å². The van der Waals surface area contributed by atoms with Crippen LogP contribution in [0.1, 0.15) is 21.9 Å².